The predicted molar refractivity (Wildman–Crippen MR) is 60.4 cm³/mol. The summed E-state index contributed by atoms with van der Waals surface area (Å²) in [5, 5.41) is 2.89. The maximum Gasteiger partial charge on any atom is 0.317 e. The molecule has 0 rings (SSSR count). The van der Waals surface area contributed by atoms with E-state index in [9.17, 15) is 4.79 Å². The third kappa shape index (κ3) is 6.75. The first-order chi connectivity index (χ1) is 6.37. The van der Waals surface area contributed by atoms with Crippen LogP contribution in [0.3, 0.4) is 0 Å². The second kappa shape index (κ2) is 5.89. The van der Waals surface area contributed by atoms with Gasteiger partial charge < -0.3 is 10.2 Å². The normalized spacial score (nSPS) is 11.2. The quantitative estimate of drug-likeness (QED) is 0.695. The number of nitrogens with zero attached hydrogens (tertiary/aromatic N) is 1. The minimum absolute atomic E-state index is 0.0355. The molecule has 0 unspecified atom stereocenters. The third-order valence-corrected chi connectivity index (χ3v) is 1.86. The molecule has 2 amide bonds. The molecule has 0 bridgehead atoms. The fourth-order valence-corrected chi connectivity index (χ4v) is 1.29. The van der Waals surface area contributed by atoms with E-state index >= 15 is 0 Å². The Kier molecular flexibility index (Phi) is 5.58. The van der Waals surface area contributed by atoms with E-state index in [2.05, 4.69) is 33.0 Å². The summed E-state index contributed by atoms with van der Waals surface area (Å²) in [4.78, 5) is 13.3. The maximum absolute atomic E-state index is 11.5. The molecule has 0 aliphatic rings. The van der Waals surface area contributed by atoms with Gasteiger partial charge in [0.2, 0.25) is 0 Å². The molecule has 0 fully saturated rings. The lowest BCUT2D eigenvalue weighted by atomic mass is 9.96. The number of carbonyl (C=O) groups excluding carboxylic acids is 1. The van der Waals surface area contributed by atoms with Gasteiger partial charge in [0.25, 0.3) is 0 Å². The standard InChI is InChI=1S/C11H24N2O/c1-6-7-8-12-10(14)13(5)9-11(2,3)4/h6-9H2,1-5H3,(H,12,14). The van der Waals surface area contributed by atoms with E-state index in [4.69, 9.17) is 0 Å². The number of urea groups is 1. The van der Waals surface area contributed by atoms with Crippen molar-refractivity contribution in [3.8, 4) is 0 Å². The summed E-state index contributed by atoms with van der Waals surface area (Å²) in [5.74, 6) is 0. The molecule has 0 saturated heterocycles. The molecule has 0 heterocycles. The fraction of sp³-hybridized carbons (Fsp3) is 0.909. The number of hydrogen-bond acceptors (Lipinski definition) is 1. The van der Waals surface area contributed by atoms with Crippen LogP contribution < -0.4 is 5.32 Å². The van der Waals surface area contributed by atoms with Crippen molar-refractivity contribution in [1.29, 1.82) is 0 Å². The highest BCUT2D eigenvalue weighted by atomic mass is 16.2. The second-order valence-electron chi connectivity index (χ2n) is 5.00. The van der Waals surface area contributed by atoms with Crippen LogP contribution in [0.4, 0.5) is 4.79 Å². The lowest BCUT2D eigenvalue weighted by Crippen LogP contribution is -2.41. The van der Waals surface area contributed by atoms with Crippen LogP contribution in [0.5, 0.6) is 0 Å². The van der Waals surface area contributed by atoms with Gasteiger partial charge in [0.05, 0.1) is 0 Å². The fourth-order valence-electron chi connectivity index (χ4n) is 1.29. The van der Waals surface area contributed by atoms with Crippen LogP contribution >= 0.6 is 0 Å². The van der Waals surface area contributed by atoms with Gasteiger partial charge >= 0.3 is 6.03 Å². The largest absolute Gasteiger partial charge is 0.338 e. The molecule has 3 nitrogen and oxygen atoms in total. The summed E-state index contributed by atoms with van der Waals surface area (Å²) in [6, 6.07) is 0.0355. The maximum atomic E-state index is 11.5. The number of rotatable bonds is 4. The van der Waals surface area contributed by atoms with Crippen LogP contribution in [-0.2, 0) is 0 Å². The number of nitrogens with one attached hydrogen (secondary N) is 1. The van der Waals surface area contributed by atoms with Gasteiger partial charge in [-0.3, -0.25) is 0 Å². The molecule has 3 heteroatoms. The van der Waals surface area contributed by atoms with Gasteiger partial charge in [0.15, 0.2) is 0 Å². The Bertz CT molecular complexity index is 173. The van der Waals surface area contributed by atoms with Crippen molar-refractivity contribution in [2.45, 2.75) is 40.5 Å². The average Bonchev–Trinajstić information content (AvgIpc) is 2.01. The van der Waals surface area contributed by atoms with E-state index < -0.39 is 0 Å². The Morgan fingerprint density at radius 3 is 2.36 bits per heavy atom. The molecular formula is C11H24N2O. The van der Waals surface area contributed by atoms with Crippen molar-refractivity contribution < 1.29 is 4.79 Å². The third-order valence-electron chi connectivity index (χ3n) is 1.86. The molecule has 0 saturated carbocycles. The molecule has 0 atom stereocenters. The van der Waals surface area contributed by atoms with Crippen molar-refractivity contribution >= 4 is 6.03 Å². The molecule has 1 N–H and O–H groups in total. The van der Waals surface area contributed by atoms with Crippen molar-refractivity contribution in [2.24, 2.45) is 5.41 Å². The lowest BCUT2D eigenvalue weighted by Gasteiger charge is -2.26. The smallest absolute Gasteiger partial charge is 0.317 e. The number of unbranched alkanes of at least 4 members (excludes halogenated alkanes) is 1. The van der Waals surface area contributed by atoms with Crippen molar-refractivity contribution in [3.63, 3.8) is 0 Å². The molecule has 84 valence electrons. The SMILES string of the molecule is CCCCNC(=O)N(C)CC(C)(C)C. The Morgan fingerprint density at radius 1 is 1.36 bits per heavy atom. The highest BCUT2D eigenvalue weighted by Gasteiger charge is 2.16. The van der Waals surface area contributed by atoms with Crippen LogP contribution in [0.25, 0.3) is 0 Å². The summed E-state index contributed by atoms with van der Waals surface area (Å²) < 4.78 is 0. The minimum atomic E-state index is 0.0355. The molecule has 0 aliphatic heterocycles. The summed E-state index contributed by atoms with van der Waals surface area (Å²) in [5.41, 5.74) is 0.164. The molecule has 0 aromatic heterocycles. The Morgan fingerprint density at radius 2 is 1.93 bits per heavy atom. The van der Waals surface area contributed by atoms with Gasteiger partial charge in [-0.05, 0) is 11.8 Å². The molecular weight excluding hydrogens is 176 g/mol. The van der Waals surface area contributed by atoms with Crippen molar-refractivity contribution in [2.75, 3.05) is 20.1 Å². The zero-order valence-corrected chi connectivity index (χ0v) is 10.2. The highest BCUT2D eigenvalue weighted by Crippen LogP contribution is 2.13. The van der Waals surface area contributed by atoms with Crippen molar-refractivity contribution in [1.82, 2.24) is 10.2 Å². The lowest BCUT2D eigenvalue weighted by molar-refractivity contribution is 0.188. The van der Waals surface area contributed by atoms with Gasteiger partial charge in [0, 0.05) is 20.1 Å². The van der Waals surface area contributed by atoms with Crippen LogP contribution in [0.1, 0.15) is 40.5 Å². The monoisotopic (exact) mass is 200 g/mol. The van der Waals surface area contributed by atoms with Gasteiger partial charge in [-0.15, -0.1) is 0 Å². The number of amides is 2. The molecule has 0 aromatic rings. The number of carbonyl (C=O) groups is 1. The predicted octanol–water partition coefficient (Wildman–Crippen LogP) is 2.47. The molecule has 14 heavy (non-hydrogen) atoms. The Labute approximate surface area is 87.9 Å². The van der Waals surface area contributed by atoms with E-state index in [0.29, 0.717) is 0 Å². The first kappa shape index (κ1) is 13.3. The number of hydrogen-bond donors (Lipinski definition) is 1. The van der Waals surface area contributed by atoms with Crippen LogP contribution in [0, 0.1) is 5.41 Å². The molecule has 0 spiro atoms. The average molecular weight is 200 g/mol. The first-order valence-corrected chi connectivity index (χ1v) is 5.36. The Balaban J connectivity index is 3.77. The topological polar surface area (TPSA) is 32.3 Å². The van der Waals surface area contributed by atoms with E-state index in [0.717, 1.165) is 25.9 Å². The zero-order chi connectivity index (χ0) is 11.2. The van der Waals surface area contributed by atoms with Gasteiger partial charge in [-0.25, -0.2) is 4.79 Å². The summed E-state index contributed by atoms with van der Waals surface area (Å²) in [6.07, 6.45) is 2.17. The highest BCUT2D eigenvalue weighted by molar-refractivity contribution is 5.73. The van der Waals surface area contributed by atoms with E-state index in [-0.39, 0.29) is 11.4 Å². The first-order valence-electron chi connectivity index (χ1n) is 5.36. The molecule has 0 radical (unpaired) electrons. The van der Waals surface area contributed by atoms with E-state index in [1.165, 1.54) is 0 Å². The van der Waals surface area contributed by atoms with Crippen LogP contribution in [-0.4, -0.2) is 31.1 Å². The molecule has 0 aliphatic carbocycles. The van der Waals surface area contributed by atoms with Crippen LogP contribution in [0.15, 0.2) is 0 Å². The summed E-state index contributed by atoms with van der Waals surface area (Å²) in [7, 11) is 1.84. The van der Waals surface area contributed by atoms with E-state index in [1.807, 2.05) is 7.05 Å². The van der Waals surface area contributed by atoms with Gasteiger partial charge in [-0.1, -0.05) is 34.1 Å². The minimum Gasteiger partial charge on any atom is -0.338 e. The molecule has 0 aromatic carbocycles. The summed E-state index contributed by atoms with van der Waals surface area (Å²) >= 11 is 0. The van der Waals surface area contributed by atoms with Crippen molar-refractivity contribution in [3.05, 3.63) is 0 Å². The Hall–Kier alpha value is -0.730. The zero-order valence-electron chi connectivity index (χ0n) is 10.2. The second-order valence-corrected chi connectivity index (χ2v) is 5.00. The van der Waals surface area contributed by atoms with Gasteiger partial charge in [0.1, 0.15) is 0 Å². The van der Waals surface area contributed by atoms with Crippen LogP contribution in [0.2, 0.25) is 0 Å². The van der Waals surface area contributed by atoms with E-state index in [1.54, 1.807) is 4.90 Å². The summed E-state index contributed by atoms with van der Waals surface area (Å²) in [6.45, 7) is 10.1. The van der Waals surface area contributed by atoms with Gasteiger partial charge in [-0.2, -0.15) is 0 Å².